The molecule has 33 heavy (non-hydrogen) atoms. The Kier molecular flexibility index (Phi) is 6.18. The van der Waals surface area contributed by atoms with Gasteiger partial charge in [0, 0.05) is 11.8 Å². The average Bonchev–Trinajstić information content (AvgIpc) is 3.38. The summed E-state index contributed by atoms with van der Waals surface area (Å²) in [5.74, 6) is 0.571. The summed E-state index contributed by atoms with van der Waals surface area (Å²) in [6, 6.07) is 28.5. The number of carbonyl (C=O) groups is 1. The second-order valence-electron chi connectivity index (χ2n) is 9.69. The molecule has 3 aromatic carbocycles. The fraction of sp³-hybridized carbons (Fsp3) is 0.367. The zero-order valence-electron chi connectivity index (χ0n) is 19.2. The summed E-state index contributed by atoms with van der Waals surface area (Å²) < 4.78 is 6.95. The van der Waals surface area contributed by atoms with Gasteiger partial charge in [-0.2, -0.15) is 0 Å². The standard InChI is InChI=1S/C30H32O3/c1-21(31)18-20-30-19-10-17-26(30)29(24-15-8-9-16-25(24)30)33-28(23-13-6-3-7-14-23)27(32)22-11-4-2-5-12-22/h2-9,11-16,26-29,32H,10,17-20H2,1H3/t26-,27-,28-,29-,30-/m1/s1. The van der Waals surface area contributed by atoms with Crippen LogP contribution in [0.15, 0.2) is 84.9 Å². The Morgan fingerprint density at radius 2 is 1.61 bits per heavy atom. The fourth-order valence-electron chi connectivity index (χ4n) is 6.26. The van der Waals surface area contributed by atoms with Gasteiger partial charge >= 0.3 is 0 Å². The molecule has 1 N–H and O–H groups in total. The van der Waals surface area contributed by atoms with E-state index in [1.165, 1.54) is 11.1 Å². The van der Waals surface area contributed by atoms with Gasteiger partial charge in [0.2, 0.25) is 0 Å². The maximum atomic E-state index is 11.9. The van der Waals surface area contributed by atoms with Crippen LogP contribution in [0.4, 0.5) is 0 Å². The highest BCUT2D eigenvalue weighted by molar-refractivity contribution is 5.75. The third-order valence-electron chi connectivity index (χ3n) is 7.79. The molecule has 0 radical (unpaired) electrons. The fourth-order valence-corrected chi connectivity index (χ4v) is 6.26. The van der Waals surface area contributed by atoms with Crippen molar-refractivity contribution in [3.63, 3.8) is 0 Å². The molecule has 0 amide bonds. The lowest BCUT2D eigenvalue weighted by atomic mass is 9.73. The van der Waals surface area contributed by atoms with Crippen LogP contribution in [0, 0.1) is 5.92 Å². The number of fused-ring (bicyclic) bond motifs is 3. The highest BCUT2D eigenvalue weighted by Gasteiger charge is 2.55. The van der Waals surface area contributed by atoms with E-state index in [2.05, 4.69) is 24.3 Å². The Morgan fingerprint density at radius 3 is 2.30 bits per heavy atom. The van der Waals surface area contributed by atoms with Gasteiger partial charge in [0.25, 0.3) is 0 Å². The summed E-state index contributed by atoms with van der Waals surface area (Å²) in [6.45, 7) is 1.69. The van der Waals surface area contributed by atoms with Crippen LogP contribution in [-0.4, -0.2) is 10.9 Å². The van der Waals surface area contributed by atoms with Crippen molar-refractivity contribution in [1.29, 1.82) is 0 Å². The van der Waals surface area contributed by atoms with Gasteiger partial charge in [-0.15, -0.1) is 0 Å². The third-order valence-corrected chi connectivity index (χ3v) is 7.79. The average molecular weight is 441 g/mol. The summed E-state index contributed by atoms with van der Waals surface area (Å²) in [5, 5.41) is 11.5. The first kappa shape index (κ1) is 22.1. The number of hydrogen-bond acceptors (Lipinski definition) is 3. The van der Waals surface area contributed by atoms with Gasteiger partial charge in [-0.1, -0.05) is 91.3 Å². The molecule has 0 heterocycles. The minimum atomic E-state index is -0.769. The number of aliphatic hydroxyl groups excluding tert-OH is 1. The summed E-state index contributed by atoms with van der Waals surface area (Å²) in [6.07, 6.45) is 3.46. The highest BCUT2D eigenvalue weighted by atomic mass is 16.5. The Hall–Kier alpha value is -2.75. The molecule has 3 heteroatoms. The second-order valence-corrected chi connectivity index (χ2v) is 9.69. The van der Waals surface area contributed by atoms with Crippen LogP contribution < -0.4 is 0 Å². The van der Waals surface area contributed by atoms with E-state index < -0.39 is 12.2 Å². The van der Waals surface area contributed by atoms with Crippen LogP contribution in [0.5, 0.6) is 0 Å². The number of hydrogen-bond donors (Lipinski definition) is 1. The van der Waals surface area contributed by atoms with Gasteiger partial charge in [-0.25, -0.2) is 0 Å². The first-order valence-electron chi connectivity index (χ1n) is 12.1. The van der Waals surface area contributed by atoms with E-state index >= 15 is 0 Å². The molecule has 2 aliphatic carbocycles. The molecule has 1 fully saturated rings. The maximum absolute atomic E-state index is 11.9. The number of carbonyl (C=O) groups excluding carboxylic acids is 1. The summed E-state index contributed by atoms with van der Waals surface area (Å²) in [7, 11) is 0. The predicted molar refractivity (Wildman–Crippen MR) is 130 cm³/mol. The summed E-state index contributed by atoms with van der Waals surface area (Å²) in [4.78, 5) is 11.9. The monoisotopic (exact) mass is 440 g/mol. The number of ether oxygens (including phenoxy) is 1. The minimum absolute atomic E-state index is 0.00807. The zero-order chi connectivity index (χ0) is 22.8. The molecule has 170 valence electrons. The van der Waals surface area contributed by atoms with Gasteiger partial charge in [-0.05, 0) is 54.4 Å². The smallest absolute Gasteiger partial charge is 0.129 e. The van der Waals surface area contributed by atoms with Crippen LogP contribution >= 0.6 is 0 Å². The molecule has 0 unspecified atom stereocenters. The van der Waals surface area contributed by atoms with E-state index in [0.717, 1.165) is 36.8 Å². The number of Topliss-reactive ketones (excluding diaryl/α,β-unsaturated/α-hetero) is 1. The molecule has 0 bridgehead atoms. The molecule has 2 aliphatic rings. The van der Waals surface area contributed by atoms with Crippen molar-refractivity contribution >= 4 is 5.78 Å². The van der Waals surface area contributed by atoms with Gasteiger partial charge in [0.05, 0.1) is 6.10 Å². The van der Waals surface area contributed by atoms with Crippen LogP contribution in [0.2, 0.25) is 0 Å². The van der Waals surface area contributed by atoms with Crippen molar-refractivity contribution in [2.45, 2.75) is 62.8 Å². The predicted octanol–water partition coefficient (Wildman–Crippen LogP) is 6.64. The Balaban J connectivity index is 1.53. The van der Waals surface area contributed by atoms with E-state index in [-0.39, 0.29) is 17.3 Å². The molecule has 5 atom stereocenters. The third kappa shape index (κ3) is 4.05. The summed E-state index contributed by atoms with van der Waals surface area (Å²) in [5.41, 5.74) is 4.40. The molecule has 0 aromatic heterocycles. The van der Waals surface area contributed by atoms with Crippen LogP contribution in [0.3, 0.4) is 0 Å². The molecule has 3 nitrogen and oxygen atoms in total. The molecule has 5 rings (SSSR count). The van der Waals surface area contributed by atoms with Crippen LogP contribution in [0.1, 0.15) is 79.6 Å². The van der Waals surface area contributed by atoms with Crippen molar-refractivity contribution in [2.75, 3.05) is 0 Å². The van der Waals surface area contributed by atoms with E-state index in [4.69, 9.17) is 4.74 Å². The molecule has 3 aromatic rings. The molecule has 1 saturated carbocycles. The molecular formula is C30H32O3. The lowest BCUT2D eigenvalue weighted by Crippen LogP contribution is -2.30. The highest BCUT2D eigenvalue weighted by Crippen LogP contribution is 2.62. The van der Waals surface area contributed by atoms with Crippen molar-refractivity contribution < 1.29 is 14.6 Å². The number of rotatable bonds is 8. The quantitative estimate of drug-likeness (QED) is 0.427. The van der Waals surface area contributed by atoms with Gasteiger partial charge in [-0.3, -0.25) is 0 Å². The first-order valence-corrected chi connectivity index (χ1v) is 12.1. The Bertz CT molecular complexity index is 1090. The molecule has 0 spiro atoms. The van der Waals surface area contributed by atoms with Crippen LogP contribution in [0.25, 0.3) is 0 Å². The largest absolute Gasteiger partial charge is 0.385 e. The first-order chi connectivity index (χ1) is 16.1. The van der Waals surface area contributed by atoms with Gasteiger partial charge in [0.15, 0.2) is 0 Å². The Labute approximate surface area is 196 Å². The van der Waals surface area contributed by atoms with E-state index in [0.29, 0.717) is 12.3 Å². The second kappa shape index (κ2) is 9.24. The normalized spacial score (nSPS) is 25.3. The van der Waals surface area contributed by atoms with Crippen molar-refractivity contribution in [3.05, 3.63) is 107 Å². The topological polar surface area (TPSA) is 46.5 Å². The van der Waals surface area contributed by atoms with Crippen molar-refractivity contribution in [3.8, 4) is 0 Å². The SMILES string of the molecule is CC(=O)CC[C@@]12CCC[C@@H]1[C@H](O[C@H](c1ccccc1)[C@H](O)c1ccccc1)c1ccccc12. The Morgan fingerprint density at radius 1 is 0.970 bits per heavy atom. The molecule has 0 saturated heterocycles. The van der Waals surface area contributed by atoms with Gasteiger partial charge in [0.1, 0.15) is 18.0 Å². The zero-order valence-corrected chi connectivity index (χ0v) is 19.2. The van der Waals surface area contributed by atoms with E-state index in [1.54, 1.807) is 6.92 Å². The van der Waals surface area contributed by atoms with E-state index in [9.17, 15) is 9.90 Å². The maximum Gasteiger partial charge on any atom is 0.129 e. The van der Waals surface area contributed by atoms with Gasteiger partial charge < -0.3 is 14.6 Å². The number of ketones is 1. The minimum Gasteiger partial charge on any atom is -0.385 e. The van der Waals surface area contributed by atoms with Crippen molar-refractivity contribution in [2.24, 2.45) is 5.92 Å². The number of benzene rings is 3. The van der Waals surface area contributed by atoms with Crippen LogP contribution in [-0.2, 0) is 14.9 Å². The molecular weight excluding hydrogens is 408 g/mol. The number of aliphatic hydroxyl groups is 1. The van der Waals surface area contributed by atoms with Crippen molar-refractivity contribution in [1.82, 2.24) is 0 Å². The lowest BCUT2D eigenvalue weighted by Gasteiger charge is -2.34. The summed E-state index contributed by atoms with van der Waals surface area (Å²) >= 11 is 0. The van der Waals surface area contributed by atoms with E-state index in [1.807, 2.05) is 60.7 Å². The lowest BCUT2D eigenvalue weighted by molar-refractivity contribution is -0.118. The molecule has 0 aliphatic heterocycles.